The van der Waals surface area contributed by atoms with E-state index in [9.17, 15) is 14.4 Å². The van der Waals surface area contributed by atoms with Crippen LogP contribution in [0, 0.1) is 5.92 Å². The molecule has 4 rings (SSSR count). The minimum atomic E-state index is -0.426. The van der Waals surface area contributed by atoms with Gasteiger partial charge in [0, 0.05) is 22.9 Å². The predicted octanol–water partition coefficient (Wildman–Crippen LogP) is 4.63. The van der Waals surface area contributed by atoms with Gasteiger partial charge in [-0.25, -0.2) is 4.90 Å². The second-order valence-electron chi connectivity index (χ2n) is 7.56. The lowest BCUT2D eigenvalue weighted by atomic mass is 9.88. The Morgan fingerprint density at radius 2 is 1.62 bits per heavy atom. The number of nitrogens with zero attached hydrogens (tertiary/aromatic N) is 1. The molecule has 2 aliphatic rings. The highest BCUT2D eigenvalue weighted by Crippen LogP contribution is 2.34. The summed E-state index contributed by atoms with van der Waals surface area (Å²) in [6.45, 7) is 0. The highest BCUT2D eigenvalue weighted by atomic mass is 32.2. The second-order valence-corrected chi connectivity index (χ2v) is 8.84. The van der Waals surface area contributed by atoms with Crippen LogP contribution in [0.25, 0.3) is 0 Å². The number of nitrogens with one attached hydrogen (secondary N) is 1. The van der Waals surface area contributed by atoms with E-state index >= 15 is 0 Å². The van der Waals surface area contributed by atoms with E-state index in [1.807, 2.05) is 42.5 Å². The normalized spacial score (nSPS) is 20.1. The molecular formula is C23H24N2O3S. The highest BCUT2D eigenvalue weighted by molar-refractivity contribution is 8.00. The molecule has 1 aliphatic carbocycles. The Bertz CT molecular complexity index is 892. The van der Waals surface area contributed by atoms with Crippen LogP contribution in [0.2, 0.25) is 0 Å². The molecule has 5 nitrogen and oxygen atoms in total. The molecule has 2 fully saturated rings. The summed E-state index contributed by atoms with van der Waals surface area (Å²) in [6.07, 6.45) is 5.60. The SMILES string of the molecule is O=C(Nc1ccc(S[C@H]2CC(=O)N(c3ccccc3)C2=O)cc1)C1CCCCC1. The molecule has 1 aliphatic heterocycles. The first-order valence-corrected chi connectivity index (χ1v) is 11.0. The van der Waals surface area contributed by atoms with Crippen LogP contribution < -0.4 is 10.2 Å². The minimum Gasteiger partial charge on any atom is -0.326 e. The summed E-state index contributed by atoms with van der Waals surface area (Å²) in [5, 5.41) is 2.57. The summed E-state index contributed by atoms with van der Waals surface area (Å²) in [6, 6.07) is 16.5. The van der Waals surface area contributed by atoms with Crippen LogP contribution in [0.1, 0.15) is 38.5 Å². The van der Waals surface area contributed by atoms with Crippen molar-refractivity contribution in [1.29, 1.82) is 0 Å². The number of para-hydroxylation sites is 1. The molecule has 1 N–H and O–H groups in total. The van der Waals surface area contributed by atoms with E-state index in [1.165, 1.54) is 23.1 Å². The highest BCUT2D eigenvalue weighted by Gasteiger charge is 2.40. The number of benzene rings is 2. The van der Waals surface area contributed by atoms with Crippen LogP contribution in [0.3, 0.4) is 0 Å². The van der Waals surface area contributed by atoms with E-state index in [2.05, 4.69) is 5.32 Å². The van der Waals surface area contributed by atoms with E-state index in [-0.39, 0.29) is 30.1 Å². The Hall–Kier alpha value is -2.60. The van der Waals surface area contributed by atoms with Crippen molar-refractivity contribution in [2.45, 2.75) is 48.7 Å². The van der Waals surface area contributed by atoms with E-state index in [1.54, 1.807) is 12.1 Å². The third kappa shape index (κ3) is 4.53. The van der Waals surface area contributed by atoms with Gasteiger partial charge in [0.25, 0.3) is 0 Å². The zero-order chi connectivity index (χ0) is 20.2. The van der Waals surface area contributed by atoms with Crippen molar-refractivity contribution >= 4 is 40.9 Å². The van der Waals surface area contributed by atoms with E-state index in [0.29, 0.717) is 5.69 Å². The fourth-order valence-electron chi connectivity index (χ4n) is 3.93. The summed E-state index contributed by atoms with van der Waals surface area (Å²) in [7, 11) is 0. The quantitative estimate of drug-likeness (QED) is 0.733. The maximum atomic E-state index is 12.7. The molecule has 0 aromatic heterocycles. The van der Waals surface area contributed by atoms with Crippen molar-refractivity contribution in [3.63, 3.8) is 0 Å². The van der Waals surface area contributed by atoms with Gasteiger partial charge in [0.2, 0.25) is 17.7 Å². The van der Waals surface area contributed by atoms with Gasteiger partial charge in [0.1, 0.15) is 0 Å². The zero-order valence-electron chi connectivity index (χ0n) is 16.2. The molecule has 0 unspecified atom stereocenters. The number of amides is 3. The molecule has 1 saturated heterocycles. The average Bonchev–Trinajstić information content (AvgIpc) is 3.03. The lowest BCUT2D eigenvalue weighted by Gasteiger charge is -2.20. The third-order valence-corrected chi connectivity index (χ3v) is 6.69. The van der Waals surface area contributed by atoms with Gasteiger partial charge >= 0.3 is 0 Å². The van der Waals surface area contributed by atoms with Gasteiger partial charge in [0.15, 0.2) is 0 Å². The van der Waals surface area contributed by atoms with E-state index in [4.69, 9.17) is 0 Å². The van der Waals surface area contributed by atoms with Gasteiger partial charge in [-0.3, -0.25) is 14.4 Å². The first kappa shape index (κ1) is 19.7. The standard InChI is InChI=1S/C23H24N2O3S/c26-21-15-20(23(28)25(21)18-9-5-2-6-10-18)29-19-13-11-17(12-14-19)24-22(27)16-7-3-1-4-8-16/h2,5-6,9-14,16,20H,1,3-4,7-8,15H2,(H,24,27)/t20-/m0/s1. The van der Waals surface area contributed by atoms with Crippen molar-refractivity contribution in [3.05, 3.63) is 54.6 Å². The van der Waals surface area contributed by atoms with Gasteiger partial charge < -0.3 is 5.32 Å². The second kappa shape index (κ2) is 8.82. The monoisotopic (exact) mass is 408 g/mol. The first-order chi connectivity index (χ1) is 14.1. The molecule has 0 bridgehead atoms. The minimum absolute atomic E-state index is 0.0974. The van der Waals surface area contributed by atoms with Gasteiger partial charge in [0.05, 0.1) is 10.9 Å². The van der Waals surface area contributed by atoms with Crippen molar-refractivity contribution in [2.75, 3.05) is 10.2 Å². The molecule has 1 heterocycles. The Morgan fingerprint density at radius 1 is 0.931 bits per heavy atom. The fraction of sp³-hybridized carbons (Fsp3) is 0.348. The summed E-state index contributed by atoms with van der Waals surface area (Å²) in [4.78, 5) is 39.6. The Kier molecular flexibility index (Phi) is 6.00. The fourth-order valence-corrected chi connectivity index (χ4v) is 4.99. The lowest BCUT2D eigenvalue weighted by Crippen LogP contribution is -2.30. The predicted molar refractivity (Wildman–Crippen MR) is 115 cm³/mol. The zero-order valence-corrected chi connectivity index (χ0v) is 17.0. The molecule has 2 aromatic carbocycles. The first-order valence-electron chi connectivity index (χ1n) is 10.1. The molecule has 29 heavy (non-hydrogen) atoms. The number of hydrogen-bond donors (Lipinski definition) is 1. The summed E-state index contributed by atoms with van der Waals surface area (Å²) in [5.41, 5.74) is 1.39. The van der Waals surface area contributed by atoms with Crippen molar-refractivity contribution in [3.8, 4) is 0 Å². The average molecular weight is 409 g/mol. The maximum Gasteiger partial charge on any atom is 0.247 e. The molecule has 150 valence electrons. The van der Waals surface area contributed by atoms with Crippen LogP contribution in [-0.4, -0.2) is 23.0 Å². The number of hydrogen-bond acceptors (Lipinski definition) is 4. The van der Waals surface area contributed by atoms with Crippen LogP contribution >= 0.6 is 11.8 Å². The largest absolute Gasteiger partial charge is 0.326 e. The number of carbonyl (C=O) groups excluding carboxylic acids is 3. The molecule has 0 spiro atoms. The van der Waals surface area contributed by atoms with Crippen molar-refractivity contribution in [1.82, 2.24) is 0 Å². The number of carbonyl (C=O) groups is 3. The lowest BCUT2D eigenvalue weighted by molar-refractivity contribution is -0.122. The van der Waals surface area contributed by atoms with Crippen molar-refractivity contribution < 1.29 is 14.4 Å². The molecular weight excluding hydrogens is 384 g/mol. The van der Waals surface area contributed by atoms with Crippen LogP contribution in [-0.2, 0) is 14.4 Å². The number of anilines is 2. The van der Waals surface area contributed by atoms with E-state index < -0.39 is 5.25 Å². The molecule has 1 atom stereocenters. The van der Waals surface area contributed by atoms with Crippen LogP contribution in [0.5, 0.6) is 0 Å². The summed E-state index contributed by atoms with van der Waals surface area (Å²) < 4.78 is 0. The van der Waals surface area contributed by atoms with Gasteiger partial charge in [-0.05, 0) is 49.2 Å². The Labute approximate surface area is 174 Å². The molecule has 2 aromatic rings. The summed E-state index contributed by atoms with van der Waals surface area (Å²) >= 11 is 1.39. The number of imide groups is 1. The number of rotatable bonds is 5. The van der Waals surface area contributed by atoms with Crippen molar-refractivity contribution in [2.24, 2.45) is 5.92 Å². The maximum absolute atomic E-state index is 12.7. The molecule has 0 radical (unpaired) electrons. The molecule has 1 saturated carbocycles. The van der Waals surface area contributed by atoms with Gasteiger partial charge in [-0.15, -0.1) is 11.8 Å². The Balaban J connectivity index is 1.37. The smallest absolute Gasteiger partial charge is 0.247 e. The van der Waals surface area contributed by atoms with E-state index in [0.717, 1.165) is 36.3 Å². The van der Waals surface area contributed by atoms with Gasteiger partial charge in [-0.2, -0.15) is 0 Å². The summed E-state index contributed by atoms with van der Waals surface area (Å²) in [5.74, 6) is -0.139. The van der Waals surface area contributed by atoms with Crippen LogP contribution in [0.4, 0.5) is 11.4 Å². The van der Waals surface area contributed by atoms with Gasteiger partial charge in [-0.1, -0.05) is 37.5 Å². The third-order valence-electron chi connectivity index (χ3n) is 5.50. The van der Waals surface area contributed by atoms with Crippen LogP contribution in [0.15, 0.2) is 59.5 Å². The Morgan fingerprint density at radius 3 is 2.31 bits per heavy atom. The molecule has 3 amide bonds. The molecule has 6 heteroatoms. The number of thioether (sulfide) groups is 1. The topological polar surface area (TPSA) is 66.5 Å².